The second-order valence-electron chi connectivity index (χ2n) is 22.6. The second kappa shape index (κ2) is 30.6. The molecule has 3 aliphatic heterocycles. The number of ether oxygens (including phenoxy) is 1. The molecule has 7 N–H and O–H groups in total. The molecule has 3 heterocycles. The van der Waals surface area contributed by atoms with Crippen molar-refractivity contribution in [2.45, 2.75) is 187 Å². The fourth-order valence-electron chi connectivity index (χ4n) is 10.7. The molecule has 1 aromatic rings. The molecule has 11 atom stereocenters. The zero-order chi connectivity index (χ0) is 60.6. The van der Waals surface area contributed by atoms with Crippen molar-refractivity contribution < 1.29 is 67.4 Å². The minimum absolute atomic E-state index is 0.0587. The number of hydrogen-bond acceptors (Lipinski definition) is 13. The number of carboxylic acid groups (broad SMARTS) is 1. The first-order valence-corrected chi connectivity index (χ1v) is 28.5. The molecule has 4 rings (SSSR count). The molecule has 3 fully saturated rings. The summed E-state index contributed by atoms with van der Waals surface area (Å²) in [5.74, 6) is -12.2. The Morgan fingerprint density at radius 3 is 1.79 bits per heavy atom. The van der Waals surface area contributed by atoms with E-state index < -0.39 is 169 Å². The molecule has 450 valence electrons. The summed E-state index contributed by atoms with van der Waals surface area (Å²) in [4.78, 5) is 176. The first kappa shape index (κ1) is 66.4. The number of carbonyl (C=O) groups is 12. The van der Waals surface area contributed by atoms with Crippen molar-refractivity contribution >= 4 is 71.0 Å². The number of carboxylic acids is 1. The number of hydrogen-bond donors (Lipinski definition) is 6. The minimum Gasteiger partial charge on any atom is -0.481 e. The molecule has 81 heavy (non-hydrogen) atoms. The topological polar surface area (TPSA) is 325 Å². The lowest BCUT2D eigenvalue weighted by molar-refractivity contribution is -0.167. The number of nitrogens with two attached hydrogens (primary N) is 1. The Labute approximate surface area is 475 Å². The van der Waals surface area contributed by atoms with E-state index in [1.165, 1.54) is 30.9 Å². The lowest BCUT2D eigenvalue weighted by atomic mass is 9.93. The molecule has 1 aromatic carbocycles. The zero-order valence-corrected chi connectivity index (χ0v) is 49.1. The van der Waals surface area contributed by atoms with Crippen LogP contribution < -0.4 is 27.0 Å². The molecule has 0 radical (unpaired) electrons. The highest BCUT2D eigenvalue weighted by atomic mass is 16.6. The second-order valence-corrected chi connectivity index (χ2v) is 22.6. The van der Waals surface area contributed by atoms with Crippen LogP contribution in [0.2, 0.25) is 0 Å². The SMILES string of the molecule is CCC(C)C1OC(=O)[C@H](CCC(=O)O)N(C)C(=O)[C@H](C(C)C)NC(=O)C2CCCCN2C(=O)[C@H]([C@@H](C)CC)NC(=O)[C@H](CCC(N)=O)N(C)C(=O)[C@H](C(C)C)N(C)C(=O)CNC(=O)[C@@H]2CCCN2C(=O)[C@H](Cc2ccccc2)NC1=O. The normalized spacial score (nSPS) is 27.0. The highest BCUT2D eigenvalue weighted by Gasteiger charge is 2.45. The van der Waals surface area contributed by atoms with Crippen LogP contribution in [0.5, 0.6) is 0 Å². The number of rotatable bonds is 14. The van der Waals surface area contributed by atoms with E-state index in [1.54, 1.807) is 85.7 Å². The first-order valence-electron chi connectivity index (χ1n) is 28.5. The zero-order valence-electron chi connectivity index (χ0n) is 49.1. The standard InChI is InChI=1S/C57H88N10O14/c1-12-34(7)46-55(78)67-28-18-17-22-40(67)51(74)61-45(32(3)4)54(77)64(10)41(25-27-44(70)71)57(80)81-48(35(8)13-2)52(75)60-37(30-36-20-15-14-16-21-36)53(76)66-29-19-23-39(66)49(72)59-31-43(69)65(11)47(33(5)6)56(79)63(9)38(50(73)62-46)24-26-42(58)68/h14-16,20-21,32-35,37-41,45-48H,12-13,17-19,22-31H2,1-11H3,(H2,58,68)(H,59,72)(H,60,75)(H,61,74)(H,62,73)(H,70,71)/t34-,35?,37-,38-,39-,40?,41-,45-,46-,47-,48?/m0/s1. The highest BCUT2D eigenvalue weighted by Crippen LogP contribution is 2.26. The van der Waals surface area contributed by atoms with Gasteiger partial charge in [-0.1, -0.05) is 92.1 Å². The number of piperidine rings is 1. The maximum Gasteiger partial charge on any atom is 0.329 e. The average molecular weight is 1140 g/mol. The summed E-state index contributed by atoms with van der Waals surface area (Å²) in [7, 11) is 3.96. The van der Waals surface area contributed by atoms with Gasteiger partial charge < -0.3 is 61.3 Å². The van der Waals surface area contributed by atoms with Gasteiger partial charge in [0.25, 0.3) is 5.91 Å². The van der Waals surface area contributed by atoms with E-state index in [0.29, 0.717) is 31.2 Å². The summed E-state index contributed by atoms with van der Waals surface area (Å²) in [6.45, 7) is 13.2. The number of aliphatic carboxylic acids is 1. The van der Waals surface area contributed by atoms with Crippen LogP contribution in [-0.2, 0) is 68.7 Å². The number of cyclic esters (lactones) is 1. The van der Waals surface area contributed by atoms with E-state index in [-0.39, 0.29) is 51.6 Å². The van der Waals surface area contributed by atoms with Gasteiger partial charge in [-0.2, -0.15) is 0 Å². The van der Waals surface area contributed by atoms with Crippen LogP contribution in [-0.4, -0.2) is 196 Å². The van der Waals surface area contributed by atoms with Gasteiger partial charge in [0.05, 0.1) is 6.54 Å². The first-order chi connectivity index (χ1) is 38.2. The van der Waals surface area contributed by atoms with Gasteiger partial charge in [0.1, 0.15) is 48.3 Å². The molecule has 0 bridgehead atoms. The van der Waals surface area contributed by atoms with Crippen molar-refractivity contribution in [3.05, 3.63) is 35.9 Å². The van der Waals surface area contributed by atoms with Gasteiger partial charge >= 0.3 is 11.9 Å². The molecule has 0 aliphatic carbocycles. The molecule has 3 unspecified atom stereocenters. The van der Waals surface area contributed by atoms with Crippen molar-refractivity contribution in [3.8, 4) is 0 Å². The predicted octanol–water partition coefficient (Wildman–Crippen LogP) is 1.11. The molecular formula is C57H88N10O14. The third kappa shape index (κ3) is 17.4. The van der Waals surface area contributed by atoms with Crippen LogP contribution in [0.3, 0.4) is 0 Å². The number of esters is 1. The highest BCUT2D eigenvalue weighted by molar-refractivity contribution is 5.99. The molecule has 0 aromatic heterocycles. The third-order valence-electron chi connectivity index (χ3n) is 16.1. The maximum absolute atomic E-state index is 14.9. The Morgan fingerprint density at radius 1 is 0.630 bits per heavy atom. The fraction of sp³-hybridized carbons (Fsp3) is 0.684. The smallest absolute Gasteiger partial charge is 0.329 e. The number of likely N-dealkylation sites (N-methyl/N-ethyl adjacent to an activating group) is 3. The van der Waals surface area contributed by atoms with Gasteiger partial charge in [-0.25, -0.2) is 4.79 Å². The largest absolute Gasteiger partial charge is 0.481 e. The number of nitrogens with zero attached hydrogens (tertiary/aromatic N) is 5. The monoisotopic (exact) mass is 1140 g/mol. The van der Waals surface area contributed by atoms with E-state index in [1.807, 2.05) is 0 Å². The Hall–Kier alpha value is -7.14. The fourth-order valence-corrected chi connectivity index (χ4v) is 10.7. The summed E-state index contributed by atoms with van der Waals surface area (Å²) >= 11 is 0. The Morgan fingerprint density at radius 2 is 1.20 bits per heavy atom. The number of fused-ring (bicyclic) bond motifs is 2. The van der Waals surface area contributed by atoms with Crippen molar-refractivity contribution in [3.63, 3.8) is 0 Å². The van der Waals surface area contributed by atoms with Gasteiger partial charge in [0, 0.05) is 59.4 Å². The summed E-state index contributed by atoms with van der Waals surface area (Å²) in [6.07, 6.45) is -0.910. The van der Waals surface area contributed by atoms with Crippen LogP contribution in [0.1, 0.15) is 132 Å². The van der Waals surface area contributed by atoms with Gasteiger partial charge in [-0.3, -0.25) is 52.7 Å². The molecular weight excluding hydrogens is 1050 g/mol. The molecule has 24 nitrogen and oxygen atoms in total. The maximum atomic E-state index is 14.9. The van der Waals surface area contributed by atoms with E-state index >= 15 is 0 Å². The molecule has 3 aliphatic rings. The van der Waals surface area contributed by atoms with Crippen molar-refractivity contribution in [1.29, 1.82) is 0 Å². The van der Waals surface area contributed by atoms with E-state index in [2.05, 4.69) is 21.3 Å². The predicted molar refractivity (Wildman–Crippen MR) is 296 cm³/mol. The molecule has 10 amide bonds. The summed E-state index contributed by atoms with van der Waals surface area (Å²) in [5, 5.41) is 20.8. The van der Waals surface area contributed by atoms with E-state index in [0.717, 1.165) is 14.7 Å². The lowest BCUT2D eigenvalue weighted by Gasteiger charge is -2.40. The number of nitrogens with one attached hydrogen (secondary N) is 4. The Kier molecular flexibility index (Phi) is 25.1. The van der Waals surface area contributed by atoms with Crippen molar-refractivity contribution in [1.82, 2.24) is 45.8 Å². The van der Waals surface area contributed by atoms with Crippen LogP contribution in [0.25, 0.3) is 0 Å². The van der Waals surface area contributed by atoms with Gasteiger partial charge in [0.15, 0.2) is 6.10 Å². The van der Waals surface area contributed by atoms with Crippen molar-refractivity contribution in [2.24, 2.45) is 29.4 Å². The molecule has 24 heteroatoms. The van der Waals surface area contributed by atoms with Gasteiger partial charge in [-0.15, -0.1) is 0 Å². The van der Waals surface area contributed by atoms with Crippen LogP contribution in [0.4, 0.5) is 0 Å². The van der Waals surface area contributed by atoms with Gasteiger partial charge in [0.2, 0.25) is 53.2 Å². The summed E-state index contributed by atoms with van der Waals surface area (Å²) in [6, 6.07) is -1.65. The van der Waals surface area contributed by atoms with Crippen LogP contribution in [0.15, 0.2) is 30.3 Å². The summed E-state index contributed by atoms with van der Waals surface area (Å²) in [5.41, 5.74) is 6.20. The number of carbonyl (C=O) groups excluding carboxylic acids is 11. The number of amides is 10. The quantitative estimate of drug-likeness (QED) is 0.142. The Balaban J connectivity index is 1.87. The average Bonchev–Trinajstić information content (AvgIpc) is 3.96. The third-order valence-corrected chi connectivity index (χ3v) is 16.1. The van der Waals surface area contributed by atoms with Crippen LogP contribution in [0, 0.1) is 23.7 Å². The minimum atomic E-state index is -1.60. The number of primary amides is 1. The van der Waals surface area contributed by atoms with Gasteiger partial charge in [-0.05, 0) is 74.7 Å². The van der Waals surface area contributed by atoms with Crippen molar-refractivity contribution in [2.75, 3.05) is 40.8 Å². The van der Waals surface area contributed by atoms with E-state index in [4.69, 9.17) is 10.5 Å². The van der Waals surface area contributed by atoms with E-state index in [9.17, 15) is 62.6 Å². The molecule has 0 saturated carbocycles. The summed E-state index contributed by atoms with van der Waals surface area (Å²) < 4.78 is 5.97. The van der Waals surface area contributed by atoms with Crippen LogP contribution >= 0.6 is 0 Å². The Bertz CT molecular complexity index is 2440. The molecule has 0 spiro atoms. The lowest BCUT2D eigenvalue weighted by Crippen LogP contribution is -2.63. The number of benzene rings is 1. The molecule has 3 saturated heterocycles.